The molecule has 2 bridgehead atoms. The minimum Gasteiger partial charge on any atom is -0.378 e. The van der Waals surface area contributed by atoms with Crippen LogP contribution in [0.25, 0.3) is 0 Å². The molecule has 4 fully saturated rings. The maximum atomic E-state index is 12.9. The van der Waals surface area contributed by atoms with E-state index in [9.17, 15) is 4.79 Å². The summed E-state index contributed by atoms with van der Waals surface area (Å²) in [6.45, 7) is 7.95. The van der Waals surface area contributed by atoms with Gasteiger partial charge in [-0.3, -0.25) is 9.69 Å². The van der Waals surface area contributed by atoms with Crippen molar-refractivity contribution in [1.82, 2.24) is 15.2 Å². The summed E-state index contributed by atoms with van der Waals surface area (Å²) in [5.74, 6) is 0.651. The van der Waals surface area contributed by atoms with Crippen LogP contribution < -0.4 is 10.2 Å². The summed E-state index contributed by atoms with van der Waals surface area (Å²) in [6.07, 6.45) is 4.26. The Hall–Kier alpha value is -2.09. The number of hydrogen-bond acceptors (Lipinski definition) is 6. The number of amides is 1. The van der Waals surface area contributed by atoms with Crippen molar-refractivity contribution in [3.63, 3.8) is 0 Å². The molecule has 6 rings (SSSR count). The van der Waals surface area contributed by atoms with E-state index in [1.807, 2.05) is 30.5 Å². The van der Waals surface area contributed by atoms with E-state index in [4.69, 9.17) is 4.74 Å². The van der Waals surface area contributed by atoms with Gasteiger partial charge >= 0.3 is 0 Å². The normalized spacial score (nSPS) is 27.8. The van der Waals surface area contributed by atoms with Gasteiger partial charge in [0.2, 0.25) is 0 Å². The van der Waals surface area contributed by atoms with Crippen LogP contribution in [-0.2, 0) is 4.74 Å². The number of piperidine rings is 3. The van der Waals surface area contributed by atoms with E-state index in [-0.39, 0.29) is 11.9 Å². The Bertz CT molecular complexity index is 906. The zero-order chi connectivity index (χ0) is 21.2. The van der Waals surface area contributed by atoms with Crippen molar-refractivity contribution in [2.24, 2.45) is 5.92 Å². The Morgan fingerprint density at radius 1 is 1.10 bits per heavy atom. The van der Waals surface area contributed by atoms with Crippen LogP contribution in [0.3, 0.4) is 0 Å². The molecule has 4 saturated heterocycles. The number of anilines is 1. The number of fused-ring (bicyclic) bond motifs is 3. The molecule has 0 radical (unpaired) electrons. The quantitative estimate of drug-likeness (QED) is 0.773. The van der Waals surface area contributed by atoms with Gasteiger partial charge in [-0.1, -0.05) is 11.8 Å². The molecule has 7 heteroatoms. The zero-order valence-corrected chi connectivity index (χ0v) is 18.8. The second-order valence-electron chi connectivity index (χ2n) is 8.69. The molecule has 1 aromatic carbocycles. The lowest BCUT2D eigenvalue weighted by Crippen LogP contribution is -2.62. The van der Waals surface area contributed by atoms with Crippen molar-refractivity contribution in [3.8, 4) is 0 Å². The average molecular weight is 439 g/mol. The lowest BCUT2D eigenvalue weighted by atomic mass is 9.79. The molecule has 0 spiro atoms. The third-order valence-electron chi connectivity index (χ3n) is 6.91. The van der Waals surface area contributed by atoms with Gasteiger partial charge in [0, 0.05) is 47.5 Å². The monoisotopic (exact) mass is 438 g/mol. The highest BCUT2D eigenvalue weighted by Crippen LogP contribution is 2.33. The number of rotatable bonds is 5. The minimum atomic E-state index is 0.0367. The molecular weight excluding hydrogens is 408 g/mol. The fourth-order valence-electron chi connectivity index (χ4n) is 5.05. The van der Waals surface area contributed by atoms with E-state index in [2.05, 4.69) is 39.2 Å². The molecule has 164 valence electrons. The minimum absolute atomic E-state index is 0.0367. The van der Waals surface area contributed by atoms with E-state index in [1.165, 1.54) is 31.6 Å². The van der Waals surface area contributed by atoms with Crippen LogP contribution in [0.2, 0.25) is 0 Å². The first-order valence-electron chi connectivity index (χ1n) is 11.3. The molecule has 1 aromatic heterocycles. The van der Waals surface area contributed by atoms with E-state index < -0.39 is 0 Å². The predicted molar refractivity (Wildman–Crippen MR) is 123 cm³/mol. The number of nitrogens with zero attached hydrogens (tertiary/aromatic N) is 3. The van der Waals surface area contributed by atoms with E-state index in [0.717, 1.165) is 41.8 Å². The number of carbonyl (C=O) groups is 1. The van der Waals surface area contributed by atoms with E-state index in [1.54, 1.807) is 11.8 Å². The van der Waals surface area contributed by atoms with Gasteiger partial charge in [0.15, 0.2) is 0 Å². The average Bonchev–Trinajstić information content (AvgIpc) is 2.83. The Morgan fingerprint density at radius 3 is 2.55 bits per heavy atom. The summed E-state index contributed by atoms with van der Waals surface area (Å²) in [5.41, 5.74) is 1.91. The first kappa shape index (κ1) is 20.8. The first-order chi connectivity index (χ1) is 15.2. The SMILES string of the molecule is C[C@H]1[C@H](NC(=O)c2ccc(Sc3cc(N4CCOCC4)ccn3)cc2)C2CCN1CC2. The lowest BCUT2D eigenvalue weighted by molar-refractivity contribution is 0.0217. The number of ether oxygens (including phenoxy) is 1. The molecule has 2 atom stereocenters. The molecule has 2 aromatic rings. The zero-order valence-electron chi connectivity index (χ0n) is 18.0. The summed E-state index contributed by atoms with van der Waals surface area (Å²) < 4.78 is 5.45. The van der Waals surface area contributed by atoms with Crippen LogP contribution in [0.4, 0.5) is 5.69 Å². The van der Waals surface area contributed by atoms with E-state index in [0.29, 0.717) is 12.0 Å². The Morgan fingerprint density at radius 2 is 1.84 bits per heavy atom. The van der Waals surface area contributed by atoms with Crippen molar-refractivity contribution in [2.45, 2.75) is 41.8 Å². The smallest absolute Gasteiger partial charge is 0.251 e. The molecule has 0 saturated carbocycles. The van der Waals surface area contributed by atoms with Crippen LogP contribution in [0.15, 0.2) is 52.5 Å². The van der Waals surface area contributed by atoms with Crippen LogP contribution >= 0.6 is 11.8 Å². The standard InChI is InChI=1S/C24H30N4O2S/c1-17-23(18-7-10-27(17)11-8-18)26-24(29)19-2-4-21(5-3-19)31-22-16-20(6-9-25-22)28-12-14-30-15-13-28/h2-6,9,16-18,23H,7-8,10-15H2,1H3,(H,26,29)/t17-,23-/m0/s1. The van der Waals surface area contributed by atoms with E-state index >= 15 is 0 Å². The number of pyridine rings is 1. The van der Waals surface area contributed by atoms with Gasteiger partial charge in [-0.25, -0.2) is 4.98 Å². The number of hydrogen-bond donors (Lipinski definition) is 1. The Kier molecular flexibility index (Phi) is 6.16. The second-order valence-corrected chi connectivity index (χ2v) is 9.79. The van der Waals surface area contributed by atoms with Crippen molar-refractivity contribution < 1.29 is 9.53 Å². The van der Waals surface area contributed by atoms with Crippen molar-refractivity contribution >= 4 is 23.4 Å². The Balaban J connectivity index is 1.22. The molecule has 31 heavy (non-hydrogen) atoms. The number of nitrogens with one attached hydrogen (secondary N) is 1. The van der Waals surface area contributed by atoms with Gasteiger partial charge in [0.05, 0.1) is 13.2 Å². The van der Waals surface area contributed by atoms with Crippen molar-refractivity contribution in [3.05, 3.63) is 48.2 Å². The van der Waals surface area contributed by atoms with Gasteiger partial charge in [-0.15, -0.1) is 0 Å². The molecule has 1 N–H and O–H groups in total. The van der Waals surface area contributed by atoms with Gasteiger partial charge < -0.3 is 15.0 Å². The highest BCUT2D eigenvalue weighted by molar-refractivity contribution is 7.99. The largest absolute Gasteiger partial charge is 0.378 e. The number of carbonyl (C=O) groups excluding carboxylic acids is 1. The van der Waals surface area contributed by atoms with Crippen LogP contribution in [0.1, 0.15) is 30.1 Å². The van der Waals surface area contributed by atoms with Crippen LogP contribution in [-0.4, -0.2) is 67.3 Å². The molecule has 4 aliphatic heterocycles. The molecule has 4 aliphatic rings. The molecule has 0 aliphatic carbocycles. The topological polar surface area (TPSA) is 57.7 Å². The van der Waals surface area contributed by atoms with Crippen molar-refractivity contribution in [2.75, 3.05) is 44.3 Å². The summed E-state index contributed by atoms with van der Waals surface area (Å²) in [4.78, 5) is 23.3. The fraction of sp³-hybridized carbons (Fsp3) is 0.500. The Labute approximate surface area is 188 Å². The number of benzene rings is 1. The lowest BCUT2D eigenvalue weighted by Gasteiger charge is -2.49. The summed E-state index contributed by atoms with van der Waals surface area (Å²) in [5, 5.41) is 4.27. The molecule has 6 nitrogen and oxygen atoms in total. The number of aromatic nitrogens is 1. The van der Waals surface area contributed by atoms with Crippen LogP contribution in [0, 0.1) is 5.92 Å². The van der Waals surface area contributed by atoms with Gasteiger partial charge in [0.1, 0.15) is 5.03 Å². The molecular formula is C24H30N4O2S. The molecule has 0 unspecified atom stereocenters. The van der Waals surface area contributed by atoms with Gasteiger partial charge in [-0.05, 0) is 75.2 Å². The van der Waals surface area contributed by atoms with Gasteiger partial charge in [-0.2, -0.15) is 0 Å². The summed E-state index contributed by atoms with van der Waals surface area (Å²) in [7, 11) is 0. The highest BCUT2D eigenvalue weighted by atomic mass is 32.2. The second kappa shape index (κ2) is 9.18. The van der Waals surface area contributed by atoms with Crippen molar-refractivity contribution in [1.29, 1.82) is 0 Å². The third-order valence-corrected chi connectivity index (χ3v) is 7.85. The summed E-state index contributed by atoms with van der Waals surface area (Å²) >= 11 is 1.62. The highest BCUT2D eigenvalue weighted by Gasteiger charge is 2.40. The fourth-order valence-corrected chi connectivity index (χ4v) is 5.86. The first-order valence-corrected chi connectivity index (χ1v) is 12.1. The predicted octanol–water partition coefficient (Wildman–Crippen LogP) is 3.28. The molecule has 5 heterocycles. The third kappa shape index (κ3) is 4.59. The molecule has 1 amide bonds. The van der Waals surface area contributed by atoms with Crippen LogP contribution in [0.5, 0.6) is 0 Å². The number of morpholine rings is 1. The maximum absolute atomic E-state index is 12.9. The van der Waals surface area contributed by atoms with Gasteiger partial charge in [0.25, 0.3) is 5.91 Å². The maximum Gasteiger partial charge on any atom is 0.251 e. The summed E-state index contributed by atoms with van der Waals surface area (Å²) in [6, 6.07) is 12.8.